The second kappa shape index (κ2) is 4.35. The minimum Gasteiger partial charge on any atom is -0.508 e. The Labute approximate surface area is 112 Å². The van der Waals surface area contributed by atoms with Gasteiger partial charge in [-0.05, 0) is 36.4 Å². The van der Waals surface area contributed by atoms with Crippen LogP contribution in [0.3, 0.4) is 0 Å². The highest BCUT2D eigenvalue weighted by atomic mass is 19.2. The fourth-order valence-electron chi connectivity index (χ4n) is 2.17. The van der Waals surface area contributed by atoms with Crippen LogP contribution in [0.25, 0.3) is 16.6 Å². The van der Waals surface area contributed by atoms with Gasteiger partial charge in [0.15, 0.2) is 11.6 Å². The van der Waals surface area contributed by atoms with Crippen molar-refractivity contribution >= 4 is 10.9 Å². The molecule has 3 rings (SSSR count). The fraction of sp³-hybridized carbons (Fsp3) is 0. The van der Waals surface area contributed by atoms with Gasteiger partial charge in [-0.15, -0.1) is 0 Å². The summed E-state index contributed by atoms with van der Waals surface area (Å²) in [4.78, 5) is 0. The van der Waals surface area contributed by atoms with E-state index in [4.69, 9.17) is 5.26 Å². The van der Waals surface area contributed by atoms with Gasteiger partial charge in [0.05, 0.1) is 16.5 Å². The molecule has 0 radical (unpaired) electrons. The maximum absolute atomic E-state index is 13.9. The predicted molar refractivity (Wildman–Crippen MR) is 69.6 cm³/mol. The molecule has 1 heterocycles. The number of nitrogens with zero attached hydrogens (tertiary/aromatic N) is 2. The Morgan fingerprint density at radius 1 is 1.05 bits per heavy atom. The molecule has 3 aromatic rings. The maximum Gasteiger partial charge on any atom is 0.169 e. The van der Waals surface area contributed by atoms with Crippen LogP contribution in [0.4, 0.5) is 8.78 Å². The summed E-state index contributed by atoms with van der Waals surface area (Å²) < 4.78 is 28.7. The molecule has 0 bridgehead atoms. The Hall–Kier alpha value is -2.87. The van der Waals surface area contributed by atoms with Crippen molar-refractivity contribution in [1.82, 2.24) is 4.57 Å². The average Bonchev–Trinajstić information content (AvgIpc) is 2.83. The van der Waals surface area contributed by atoms with E-state index in [-0.39, 0.29) is 16.7 Å². The van der Waals surface area contributed by atoms with Gasteiger partial charge in [-0.3, -0.25) is 0 Å². The second-order valence-corrected chi connectivity index (χ2v) is 4.30. The highest BCUT2D eigenvalue weighted by Crippen LogP contribution is 2.28. The van der Waals surface area contributed by atoms with Gasteiger partial charge < -0.3 is 9.67 Å². The first-order valence-electron chi connectivity index (χ1n) is 5.80. The number of hydrogen-bond donors (Lipinski definition) is 1. The van der Waals surface area contributed by atoms with Gasteiger partial charge >= 0.3 is 0 Å². The first kappa shape index (κ1) is 12.2. The van der Waals surface area contributed by atoms with Gasteiger partial charge in [-0.25, -0.2) is 8.78 Å². The summed E-state index contributed by atoms with van der Waals surface area (Å²) in [6, 6.07) is 10.5. The molecule has 0 saturated heterocycles. The van der Waals surface area contributed by atoms with E-state index in [2.05, 4.69) is 0 Å². The zero-order valence-electron chi connectivity index (χ0n) is 10.1. The van der Waals surface area contributed by atoms with Crippen molar-refractivity contribution in [3.8, 4) is 17.5 Å². The number of phenols is 1. The highest BCUT2D eigenvalue weighted by molar-refractivity contribution is 5.88. The highest BCUT2D eigenvalue weighted by Gasteiger charge is 2.16. The van der Waals surface area contributed by atoms with Crippen molar-refractivity contribution in [3.63, 3.8) is 0 Å². The Kier molecular flexibility index (Phi) is 2.65. The molecule has 3 nitrogen and oxygen atoms in total. The summed E-state index contributed by atoms with van der Waals surface area (Å²) in [7, 11) is 0. The number of phenolic OH excluding ortho intramolecular Hbond substituents is 1. The zero-order valence-corrected chi connectivity index (χ0v) is 10.1. The number of fused-ring (bicyclic) bond motifs is 1. The SMILES string of the molecule is N#Cc1cn(-c2ccc(O)cc2)c2ccc(F)c(F)c12. The molecule has 0 spiro atoms. The predicted octanol–water partition coefficient (Wildman–Crippen LogP) is 3.49. The molecular formula is C15H8F2N2O. The fourth-order valence-corrected chi connectivity index (χ4v) is 2.17. The van der Waals surface area contributed by atoms with Crippen LogP contribution in [0.15, 0.2) is 42.6 Å². The van der Waals surface area contributed by atoms with Crippen molar-refractivity contribution in [1.29, 1.82) is 5.26 Å². The quantitative estimate of drug-likeness (QED) is 0.735. The molecule has 0 fully saturated rings. The minimum absolute atomic E-state index is 0.0411. The van der Waals surface area contributed by atoms with Gasteiger partial charge in [0.2, 0.25) is 0 Å². The Balaban J connectivity index is 2.36. The van der Waals surface area contributed by atoms with Gasteiger partial charge in [0.25, 0.3) is 0 Å². The summed E-state index contributed by atoms with van der Waals surface area (Å²) in [5.74, 6) is -1.92. The molecule has 0 saturated carbocycles. The smallest absolute Gasteiger partial charge is 0.169 e. The normalized spacial score (nSPS) is 10.7. The van der Waals surface area contributed by atoms with Crippen molar-refractivity contribution in [3.05, 3.63) is 59.8 Å². The van der Waals surface area contributed by atoms with Crippen LogP contribution in [0.5, 0.6) is 5.75 Å². The number of nitriles is 1. The molecule has 0 aliphatic rings. The number of hydrogen-bond acceptors (Lipinski definition) is 2. The first-order chi connectivity index (χ1) is 9.61. The second-order valence-electron chi connectivity index (χ2n) is 4.30. The molecular weight excluding hydrogens is 262 g/mol. The molecule has 0 atom stereocenters. The number of rotatable bonds is 1. The van der Waals surface area contributed by atoms with Crippen LogP contribution in [-0.4, -0.2) is 9.67 Å². The first-order valence-corrected chi connectivity index (χ1v) is 5.80. The van der Waals surface area contributed by atoms with E-state index < -0.39 is 11.6 Å². The van der Waals surface area contributed by atoms with Crippen LogP contribution >= 0.6 is 0 Å². The molecule has 2 aromatic carbocycles. The van der Waals surface area contributed by atoms with Crippen molar-refractivity contribution < 1.29 is 13.9 Å². The van der Waals surface area contributed by atoms with E-state index in [1.54, 1.807) is 16.7 Å². The molecule has 5 heteroatoms. The van der Waals surface area contributed by atoms with E-state index in [1.807, 2.05) is 6.07 Å². The maximum atomic E-state index is 13.9. The van der Waals surface area contributed by atoms with Crippen molar-refractivity contribution in [2.24, 2.45) is 0 Å². The van der Waals surface area contributed by atoms with E-state index in [9.17, 15) is 13.9 Å². The molecule has 1 N–H and O–H groups in total. The topological polar surface area (TPSA) is 49.0 Å². The molecule has 0 unspecified atom stereocenters. The van der Waals surface area contributed by atoms with Gasteiger partial charge in [0.1, 0.15) is 11.8 Å². The number of aromatic hydroxyl groups is 1. The van der Waals surface area contributed by atoms with Crippen LogP contribution in [0.2, 0.25) is 0 Å². The van der Waals surface area contributed by atoms with Crippen LogP contribution in [0.1, 0.15) is 5.56 Å². The summed E-state index contributed by atoms with van der Waals surface area (Å²) in [5.41, 5.74) is 1.09. The summed E-state index contributed by atoms with van der Waals surface area (Å²) in [5, 5.41) is 18.3. The largest absolute Gasteiger partial charge is 0.508 e. The third-order valence-electron chi connectivity index (χ3n) is 3.11. The standard InChI is InChI=1S/C15H8F2N2O/c16-12-5-6-13-14(15(12)17)9(7-18)8-19(13)10-1-3-11(20)4-2-10/h1-6,8,20H. The molecule has 20 heavy (non-hydrogen) atoms. The Morgan fingerprint density at radius 3 is 2.40 bits per heavy atom. The molecule has 98 valence electrons. The monoisotopic (exact) mass is 270 g/mol. The third kappa shape index (κ3) is 1.70. The minimum atomic E-state index is -1.03. The number of benzene rings is 2. The van der Waals surface area contributed by atoms with Gasteiger partial charge in [-0.2, -0.15) is 5.26 Å². The molecule has 0 aliphatic carbocycles. The third-order valence-corrected chi connectivity index (χ3v) is 3.11. The van der Waals surface area contributed by atoms with Crippen molar-refractivity contribution in [2.75, 3.05) is 0 Å². The lowest BCUT2D eigenvalue weighted by atomic mass is 10.2. The van der Waals surface area contributed by atoms with E-state index in [1.165, 1.54) is 24.4 Å². The zero-order chi connectivity index (χ0) is 14.3. The van der Waals surface area contributed by atoms with Crippen LogP contribution in [-0.2, 0) is 0 Å². The van der Waals surface area contributed by atoms with Gasteiger partial charge in [-0.1, -0.05) is 0 Å². The molecule has 1 aromatic heterocycles. The molecule has 0 aliphatic heterocycles. The Bertz CT molecular complexity index is 845. The summed E-state index contributed by atoms with van der Waals surface area (Å²) in [6.45, 7) is 0. The van der Waals surface area contributed by atoms with E-state index >= 15 is 0 Å². The lowest BCUT2D eigenvalue weighted by molar-refractivity contribution is 0.475. The number of aromatic nitrogens is 1. The lowest BCUT2D eigenvalue weighted by Gasteiger charge is -2.05. The lowest BCUT2D eigenvalue weighted by Crippen LogP contribution is -1.92. The average molecular weight is 270 g/mol. The van der Waals surface area contributed by atoms with Crippen LogP contribution in [0, 0.1) is 23.0 Å². The van der Waals surface area contributed by atoms with E-state index in [0.717, 1.165) is 6.07 Å². The Morgan fingerprint density at radius 2 is 1.75 bits per heavy atom. The summed E-state index contributed by atoms with van der Waals surface area (Å²) >= 11 is 0. The van der Waals surface area contributed by atoms with Gasteiger partial charge in [0, 0.05) is 11.9 Å². The van der Waals surface area contributed by atoms with Crippen LogP contribution < -0.4 is 0 Å². The van der Waals surface area contributed by atoms with Crippen molar-refractivity contribution in [2.45, 2.75) is 0 Å². The van der Waals surface area contributed by atoms with E-state index in [0.29, 0.717) is 11.2 Å². The summed E-state index contributed by atoms with van der Waals surface area (Å²) in [6.07, 6.45) is 1.44. The number of halogens is 2. The molecule has 0 amide bonds.